The van der Waals surface area contributed by atoms with Gasteiger partial charge in [0.2, 0.25) is 0 Å². The molecule has 114 valence electrons. The zero-order chi connectivity index (χ0) is 14.8. The van der Waals surface area contributed by atoms with Crippen molar-refractivity contribution in [1.82, 2.24) is 10.3 Å². The average molecular weight is 297 g/mol. The number of rotatable bonds is 4. The summed E-state index contributed by atoms with van der Waals surface area (Å²) >= 11 is 1.84. The van der Waals surface area contributed by atoms with Crippen molar-refractivity contribution in [3.05, 3.63) is 10.6 Å². The average Bonchev–Trinajstić information content (AvgIpc) is 2.83. The minimum Gasteiger partial charge on any atom is -0.381 e. The van der Waals surface area contributed by atoms with Crippen LogP contribution in [0.5, 0.6) is 0 Å². The van der Waals surface area contributed by atoms with Crippen molar-refractivity contribution >= 4 is 16.5 Å². The van der Waals surface area contributed by atoms with Gasteiger partial charge >= 0.3 is 0 Å². The van der Waals surface area contributed by atoms with E-state index in [-0.39, 0.29) is 5.41 Å². The summed E-state index contributed by atoms with van der Waals surface area (Å²) in [4.78, 5) is 8.71. The van der Waals surface area contributed by atoms with Gasteiger partial charge in [0.05, 0.1) is 11.8 Å². The van der Waals surface area contributed by atoms with E-state index in [0.29, 0.717) is 6.10 Å². The van der Waals surface area contributed by atoms with Crippen LogP contribution in [0.25, 0.3) is 0 Å². The molecule has 0 unspecified atom stereocenters. The third kappa shape index (κ3) is 3.51. The van der Waals surface area contributed by atoms with Gasteiger partial charge in [0.1, 0.15) is 0 Å². The van der Waals surface area contributed by atoms with Gasteiger partial charge < -0.3 is 15.0 Å². The number of hydrogen-bond acceptors (Lipinski definition) is 5. The summed E-state index contributed by atoms with van der Waals surface area (Å²) in [5.41, 5.74) is 1.34. The van der Waals surface area contributed by atoms with Gasteiger partial charge in [0.25, 0.3) is 0 Å². The van der Waals surface area contributed by atoms with Gasteiger partial charge in [-0.1, -0.05) is 20.8 Å². The Bertz CT molecular complexity index is 431. The SMILES string of the molecule is CNCc1sc(N2CCC(OC)CC2)nc1C(C)(C)C. The van der Waals surface area contributed by atoms with E-state index in [1.807, 2.05) is 25.5 Å². The standard InChI is InChI=1S/C15H27N3OS/c1-15(2,3)13-12(10-16-4)20-14(17-13)18-8-6-11(19-5)7-9-18/h11,16H,6-10H2,1-5H3. The second-order valence-corrected chi connectivity index (χ2v) is 7.53. The number of nitrogens with zero attached hydrogens (tertiary/aromatic N) is 2. The van der Waals surface area contributed by atoms with Crippen LogP contribution in [-0.2, 0) is 16.7 Å². The molecule has 5 heteroatoms. The summed E-state index contributed by atoms with van der Waals surface area (Å²) in [6.45, 7) is 9.72. The maximum atomic E-state index is 5.44. The molecule has 0 amide bonds. The van der Waals surface area contributed by atoms with Gasteiger partial charge in [-0.05, 0) is 19.9 Å². The van der Waals surface area contributed by atoms with E-state index < -0.39 is 0 Å². The van der Waals surface area contributed by atoms with E-state index in [0.717, 1.165) is 32.5 Å². The molecule has 0 atom stereocenters. The minimum absolute atomic E-state index is 0.103. The van der Waals surface area contributed by atoms with Crippen LogP contribution in [0.15, 0.2) is 0 Å². The Morgan fingerprint density at radius 1 is 1.35 bits per heavy atom. The number of nitrogens with one attached hydrogen (secondary N) is 1. The molecule has 0 aromatic carbocycles. The highest BCUT2D eigenvalue weighted by molar-refractivity contribution is 7.15. The number of ether oxygens (including phenoxy) is 1. The first-order valence-corrected chi connectivity index (χ1v) is 8.20. The summed E-state index contributed by atoms with van der Waals surface area (Å²) in [6, 6.07) is 0. The predicted octanol–water partition coefficient (Wildman–Crippen LogP) is 2.78. The Balaban J connectivity index is 2.17. The van der Waals surface area contributed by atoms with Crippen LogP contribution < -0.4 is 10.2 Å². The summed E-state index contributed by atoms with van der Waals surface area (Å²) in [7, 11) is 3.81. The molecule has 1 aromatic heterocycles. The fraction of sp³-hybridized carbons (Fsp3) is 0.800. The van der Waals surface area contributed by atoms with Crippen molar-refractivity contribution in [2.24, 2.45) is 0 Å². The van der Waals surface area contributed by atoms with Crippen LogP contribution in [0.1, 0.15) is 44.2 Å². The molecule has 2 heterocycles. The van der Waals surface area contributed by atoms with Gasteiger partial charge in [-0.2, -0.15) is 0 Å². The molecule has 4 nitrogen and oxygen atoms in total. The summed E-state index contributed by atoms with van der Waals surface area (Å²) < 4.78 is 5.44. The second-order valence-electron chi connectivity index (χ2n) is 6.47. The van der Waals surface area contributed by atoms with E-state index in [1.54, 1.807) is 0 Å². The number of thiazole rings is 1. The number of aromatic nitrogens is 1. The van der Waals surface area contributed by atoms with Crippen molar-refractivity contribution < 1.29 is 4.74 Å². The first-order valence-electron chi connectivity index (χ1n) is 7.38. The van der Waals surface area contributed by atoms with Crippen LogP contribution in [0.2, 0.25) is 0 Å². The third-order valence-corrected chi connectivity index (χ3v) is 4.90. The molecule has 1 aliphatic heterocycles. The Kier molecular flexibility index (Phi) is 5.04. The van der Waals surface area contributed by atoms with Gasteiger partial charge in [0, 0.05) is 37.0 Å². The minimum atomic E-state index is 0.103. The van der Waals surface area contributed by atoms with E-state index in [9.17, 15) is 0 Å². The molecular formula is C15H27N3OS. The quantitative estimate of drug-likeness (QED) is 0.927. The van der Waals surface area contributed by atoms with Crippen LogP contribution in [-0.4, -0.2) is 38.3 Å². The monoisotopic (exact) mass is 297 g/mol. The van der Waals surface area contributed by atoms with Crippen molar-refractivity contribution in [3.63, 3.8) is 0 Å². The molecule has 1 aliphatic rings. The van der Waals surface area contributed by atoms with Crippen molar-refractivity contribution in [1.29, 1.82) is 0 Å². The Labute approximate surface area is 126 Å². The lowest BCUT2D eigenvalue weighted by Crippen LogP contribution is -2.36. The normalized spacial score (nSPS) is 17.8. The molecule has 0 radical (unpaired) electrons. The zero-order valence-electron chi connectivity index (χ0n) is 13.3. The number of methoxy groups -OCH3 is 1. The fourth-order valence-electron chi connectivity index (χ4n) is 2.62. The lowest BCUT2D eigenvalue weighted by molar-refractivity contribution is 0.0819. The molecule has 1 N–H and O–H groups in total. The van der Waals surface area contributed by atoms with Gasteiger partial charge in [-0.3, -0.25) is 0 Å². The van der Waals surface area contributed by atoms with Crippen LogP contribution in [0, 0.1) is 0 Å². The maximum absolute atomic E-state index is 5.44. The predicted molar refractivity (Wildman–Crippen MR) is 85.8 cm³/mol. The second kappa shape index (κ2) is 6.41. The molecular weight excluding hydrogens is 270 g/mol. The number of hydrogen-bond donors (Lipinski definition) is 1. The molecule has 1 aromatic rings. The van der Waals surface area contributed by atoms with Crippen LogP contribution >= 0.6 is 11.3 Å². The highest BCUT2D eigenvalue weighted by Crippen LogP contribution is 2.34. The number of anilines is 1. The molecule has 0 spiro atoms. The van der Waals surface area contributed by atoms with E-state index in [2.05, 4.69) is 31.0 Å². The Morgan fingerprint density at radius 3 is 2.50 bits per heavy atom. The first-order chi connectivity index (χ1) is 9.45. The van der Waals surface area contributed by atoms with Crippen LogP contribution in [0.3, 0.4) is 0 Å². The molecule has 20 heavy (non-hydrogen) atoms. The van der Waals surface area contributed by atoms with E-state index in [4.69, 9.17) is 9.72 Å². The molecule has 0 saturated carbocycles. The molecule has 1 saturated heterocycles. The summed E-state index contributed by atoms with van der Waals surface area (Å²) in [6.07, 6.45) is 2.62. The van der Waals surface area contributed by atoms with E-state index in [1.165, 1.54) is 15.7 Å². The summed E-state index contributed by atoms with van der Waals surface area (Å²) in [5.74, 6) is 0. The fourth-order valence-corrected chi connectivity index (χ4v) is 3.96. The Hall–Kier alpha value is -0.650. The van der Waals surface area contributed by atoms with Gasteiger partial charge in [-0.15, -0.1) is 11.3 Å². The molecule has 0 bridgehead atoms. The molecule has 1 fully saturated rings. The zero-order valence-corrected chi connectivity index (χ0v) is 14.1. The van der Waals surface area contributed by atoms with Gasteiger partial charge in [0.15, 0.2) is 5.13 Å². The topological polar surface area (TPSA) is 37.4 Å². The molecule has 0 aliphatic carbocycles. The van der Waals surface area contributed by atoms with Gasteiger partial charge in [-0.25, -0.2) is 4.98 Å². The van der Waals surface area contributed by atoms with Crippen molar-refractivity contribution in [3.8, 4) is 0 Å². The first kappa shape index (κ1) is 15.7. The number of piperidine rings is 1. The Morgan fingerprint density at radius 2 is 2.00 bits per heavy atom. The van der Waals surface area contributed by atoms with Crippen LogP contribution in [0.4, 0.5) is 5.13 Å². The third-order valence-electron chi connectivity index (χ3n) is 3.78. The lowest BCUT2D eigenvalue weighted by atomic mass is 9.91. The largest absolute Gasteiger partial charge is 0.381 e. The van der Waals surface area contributed by atoms with Crippen molar-refractivity contribution in [2.45, 2.75) is 51.7 Å². The summed E-state index contributed by atoms with van der Waals surface area (Å²) in [5, 5.41) is 4.44. The van der Waals surface area contributed by atoms with E-state index >= 15 is 0 Å². The smallest absolute Gasteiger partial charge is 0.185 e. The highest BCUT2D eigenvalue weighted by atomic mass is 32.1. The maximum Gasteiger partial charge on any atom is 0.185 e. The van der Waals surface area contributed by atoms with Crippen molar-refractivity contribution in [2.75, 3.05) is 32.1 Å². The highest BCUT2D eigenvalue weighted by Gasteiger charge is 2.26. The lowest BCUT2D eigenvalue weighted by Gasteiger charge is -2.31. The molecule has 2 rings (SSSR count).